The molecule has 1 atom stereocenters. The normalized spacial score (nSPS) is 14.5. The van der Waals surface area contributed by atoms with Crippen LogP contribution in [0.1, 0.15) is 109 Å². The van der Waals surface area contributed by atoms with Gasteiger partial charge in [-0.05, 0) is 61.8 Å². The van der Waals surface area contributed by atoms with Gasteiger partial charge in [-0.25, -0.2) is 8.99 Å². The number of carbonyl (C=O) groups is 4. The summed E-state index contributed by atoms with van der Waals surface area (Å²) in [6.45, 7) is 21.8. The van der Waals surface area contributed by atoms with Gasteiger partial charge in [0, 0.05) is 30.6 Å². The summed E-state index contributed by atoms with van der Waals surface area (Å²) in [7, 11) is -3.90. The molecule has 0 aromatic carbocycles. The van der Waals surface area contributed by atoms with Gasteiger partial charge in [0.25, 0.3) is 7.92 Å². The molecular weight excluding hydrogens is 537 g/mol. The number of hydrogen-bond acceptors (Lipinski definition) is 9. The summed E-state index contributed by atoms with van der Waals surface area (Å²) < 4.78 is 46.4. The average Bonchev–Trinajstić information content (AvgIpc) is 2.70. The molecule has 0 N–H and O–H groups in total. The molecule has 0 aromatic heterocycles. The van der Waals surface area contributed by atoms with Crippen LogP contribution in [-0.2, 0) is 37.9 Å². The predicted octanol–water partition coefficient (Wildman–Crippen LogP) is 7.68. The molecular formula is C26H45FO9P2. The smallest absolute Gasteiger partial charge is 0.372 e. The zero-order valence-corrected chi connectivity index (χ0v) is 26.9. The van der Waals surface area contributed by atoms with Gasteiger partial charge in [-0.15, -0.1) is 0 Å². The lowest BCUT2D eigenvalue weighted by atomic mass is 9.66. The minimum absolute atomic E-state index is 0.0377. The van der Waals surface area contributed by atoms with Gasteiger partial charge >= 0.3 is 23.6 Å². The van der Waals surface area contributed by atoms with Gasteiger partial charge in [-0.2, -0.15) is 0 Å². The number of esters is 3. The Morgan fingerprint density at radius 3 is 1.26 bits per heavy atom. The van der Waals surface area contributed by atoms with Crippen molar-refractivity contribution in [3.63, 3.8) is 0 Å². The molecule has 9 nitrogen and oxygen atoms in total. The van der Waals surface area contributed by atoms with Crippen LogP contribution in [0.2, 0.25) is 0 Å². The molecule has 38 heavy (non-hydrogen) atoms. The summed E-state index contributed by atoms with van der Waals surface area (Å²) in [5, 5.41) is 0. The van der Waals surface area contributed by atoms with E-state index in [0.717, 1.165) is 0 Å². The van der Waals surface area contributed by atoms with E-state index in [9.17, 15) is 27.9 Å². The van der Waals surface area contributed by atoms with Crippen LogP contribution in [0.3, 0.4) is 0 Å². The molecule has 0 saturated heterocycles. The van der Waals surface area contributed by atoms with Gasteiger partial charge in [0.15, 0.2) is 0 Å². The molecule has 0 heterocycles. The molecule has 0 saturated carbocycles. The second-order valence-corrected chi connectivity index (χ2v) is 15.0. The Labute approximate surface area is 229 Å². The van der Waals surface area contributed by atoms with Crippen molar-refractivity contribution in [2.75, 3.05) is 0 Å². The van der Waals surface area contributed by atoms with E-state index in [1.165, 1.54) is 6.92 Å². The highest BCUT2D eigenvalue weighted by molar-refractivity contribution is 8.21. The van der Waals surface area contributed by atoms with Crippen LogP contribution in [0.25, 0.3) is 0 Å². The molecule has 0 aliphatic carbocycles. The van der Waals surface area contributed by atoms with Crippen molar-refractivity contribution in [3.8, 4) is 0 Å². The molecule has 1 unspecified atom stereocenters. The highest BCUT2D eigenvalue weighted by atomic mass is 32.1. The molecule has 220 valence electrons. The van der Waals surface area contributed by atoms with Gasteiger partial charge in [0.1, 0.15) is 22.4 Å². The van der Waals surface area contributed by atoms with Crippen molar-refractivity contribution in [1.82, 2.24) is 0 Å². The predicted molar refractivity (Wildman–Crippen MR) is 144 cm³/mol. The molecule has 0 fully saturated rings. The fourth-order valence-corrected chi connectivity index (χ4v) is 4.35. The maximum Gasteiger partial charge on any atom is 0.372 e. The zero-order valence-electron chi connectivity index (χ0n) is 25.1. The Kier molecular flexibility index (Phi) is 12.1. The largest absolute Gasteiger partial charge is 0.459 e. The van der Waals surface area contributed by atoms with Crippen molar-refractivity contribution in [3.05, 3.63) is 0 Å². The third-order valence-corrected chi connectivity index (χ3v) is 9.94. The first-order valence-corrected chi connectivity index (χ1v) is 15.2. The Morgan fingerprint density at radius 2 is 0.947 bits per heavy atom. The van der Waals surface area contributed by atoms with Crippen LogP contribution >= 0.6 is 16.1 Å². The van der Waals surface area contributed by atoms with Crippen LogP contribution in [0.4, 0.5) is 8.99 Å². The van der Waals surface area contributed by atoms with E-state index in [1.807, 2.05) is 13.8 Å². The topological polar surface area (TPSA) is 122 Å². The standard InChI is InChI=1S/C26H45FO9P2/c1-17(28)33-23(6,7)21(2,3)24(8,9)34-18(29)15-14-16-19(30)35-25(10,11)22(4,5)26(12,13)36-20(31)38(27)37-32/h14-16H2,1-13H3. The summed E-state index contributed by atoms with van der Waals surface area (Å²) in [5.41, 5.74) is -7.28. The van der Waals surface area contributed by atoms with E-state index >= 15 is 0 Å². The highest BCUT2D eigenvalue weighted by Crippen LogP contribution is 2.54. The van der Waals surface area contributed by atoms with E-state index in [1.54, 1.807) is 69.2 Å². The monoisotopic (exact) mass is 582 g/mol. The maximum absolute atomic E-state index is 13.6. The molecule has 0 spiro atoms. The molecule has 0 aromatic rings. The quantitative estimate of drug-likeness (QED) is 0.115. The van der Waals surface area contributed by atoms with Crippen LogP contribution in [-0.4, -0.2) is 46.0 Å². The van der Waals surface area contributed by atoms with Crippen molar-refractivity contribution >= 4 is 39.7 Å². The van der Waals surface area contributed by atoms with E-state index in [2.05, 4.69) is 0 Å². The van der Waals surface area contributed by atoms with Crippen LogP contribution < -0.4 is 0 Å². The molecule has 12 heteroatoms. The van der Waals surface area contributed by atoms with Crippen molar-refractivity contribution in [1.29, 1.82) is 0 Å². The summed E-state index contributed by atoms with van der Waals surface area (Å²) in [5.74, 6) is -1.52. The van der Waals surface area contributed by atoms with E-state index < -0.39 is 72.9 Å². The molecule has 0 bridgehead atoms. The number of carbonyl (C=O) groups excluding carboxylic acids is 4. The number of rotatable bonds is 14. The summed E-state index contributed by atoms with van der Waals surface area (Å²) >= 11 is 0. The summed E-state index contributed by atoms with van der Waals surface area (Å²) in [4.78, 5) is 48.7. The van der Waals surface area contributed by atoms with Crippen LogP contribution in [0.15, 0.2) is 0 Å². The van der Waals surface area contributed by atoms with E-state index in [-0.39, 0.29) is 19.3 Å². The molecule has 0 amide bonds. The fraction of sp³-hybridized carbons (Fsp3) is 0.846. The lowest BCUT2D eigenvalue weighted by Crippen LogP contribution is -2.56. The molecule has 0 radical (unpaired) electrons. The van der Waals surface area contributed by atoms with Crippen molar-refractivity contribution in [2.24, 2.45) is 10.8 Å². The SMILES string of the molecule is CC(=O)OC(C)(C)C(C)(C)C(C)(C)OC(=O)CCCC(=O)OC(C)(C)C(C)(C)C(C)(C)OC(=O)P(F)P=O. The maximum atomic E-state index is 13.6. The molecule has 0 aliphatic rings. The van der Waals surface area contributed by atoms with Crippen LogP contribution in [0.5, 0.6) is 0 Å². The zero-order chi connectivity index (χ0) is 30.5. The van der Waals surface area contributed by atoms with Crippen LogP contribution in [0, 0.1) is 10.8 Å². The van der Waals surface area contributed by atoms with Gasteiger partial charge in [-0.3, -0.25) is 18.9 Å². The van der Waals surface area contributed by atoms with Crippen molar-refractivity contribution < 1.29 is 46.9 Å². The third kappa shape index (κ3) is 8.67. The van der Waals surface area contributed by atoms with Gasteiger partial charge in [0.2, 0.25) is 8.15 Å². The molecule has 0 rings (SSSR count). The Bertz CT molecular complexity index is 908. The first-order chi connectivity index (χ1) is 16.8. The fourth-order valence-electron chi connectivity index (χ4n) is 3.66. The first-order valence-electron chi connectivity index (χ1n) is 12.4. The Balaban J connectivity index is 5.17. The third-order valence-electron chi connectivity index (χ3n) is 8.48. The Hall–Kier alpha value is -1.66. The minimum atomic E-state index is -2.96. The summed E-state index contributed by atoms with van der Waals surface area (Å²) in [6.07, 6.45) is 0.0670. The number of ether oxygens (including phenoxy) is 4. The van der Waals surface area contributed by atoms with E-state index in [0.29, 0.717) is 0 Å². The lowest BCUT2D eigenvalue weighted by molar-refractivity contribution is -0.204. The molecule has 0 aliphatic heterocycles. The Morgan fingerprint density at radius 1 is 0.632 bits per heavy atom. The second-order valence-electron chi connectivity index (χ2n) is 12.4. The average molecular weight is 583 g/mol. The van der Waals surface area contributed by atoms with Crippen molar-refractivity contribution in [2.45, 2.75) is 132 Å². The highest BCUT2D eigenvalue weighted by Gasteiger charge is 2.54. The van der Waals surface area contributed by atoms with Gasteiger partial charge in [0.05, 0.1) is 0 Å². The van der Waals surface area contributed by atoms with Gasteiger partial charge in [-0.1, -0.05) is 27.7 Å². The van der Waals surface area contributed by atoms with E-state index in [4.69, 9.17) is 18.9 Å². The lowest BCUT2D eigenvalue weighted by Gasteiger charge is -2.50. The van der Waals surface area contributed by atoms with Gasteiger partial charge < -0.3 is 18.9 Å². The minimum Gasteiger partial charge on any atom is -0.459 e. The number of hydrogen-bond donors (Lipinski definition) is 0. The number of halogens is 1. The first kappa shape index (κ1) is 36.3. The second kappa shape index (κ2) is 12.7. The summed E-state index contributed by atoms with van der Waals surface area (Å²) in [6, 6.07) is 0.